The number of carbonyl (C=O) groups is 1. The fraction of sp³-hybridized carbons (Fsp3) is 0.278. The van der Waals surface area contributed by atoms with E-state index in [-0.39, 0.29) is 0 Å². The van der Waals surface area contributed by atoms with Crippen LogP contribution in [0.5, 0.6) is 0 Å². The molecule has 0 N–H and O–H groups in total. The summed E-state index contributed by atoms with van der Waals surface area (Å²) in [6.45, 7) is 5.86. The third kappa shape index (κ3) is 4.11. The van der Waals surface area contributed by atoms with Gasteiger partial charge in [-0.25, -0.2) is 9.78 Å². The lowest BCUT2D eigenvalue weighted by molar-refractivity contribution is 0.0524. The van der Waals surface area contributed by atoms with Gasteiger partial charge in [0.2, 0.25) is 0 Å². The molecular weight excluding hydrogens is 308 g/mol. The van der Waals surface area contributed by atoms with Crippen molar-refractivity contribution in [3.8, 4) is 6.07 Å². The van der Waals surface area contributed by atoms with E-state index >= 15 is 0 Å². The number of carbonyl (C=O) groups excluding carboxylic acids is 1. The minimum atomic E-state index is -0.440. The van der Waals surface area contributed by atoms with Gasteiger partial charge in [0.05, 0.1) is 23.4 Å². The Bertz CT molecular complexity index is 766. The van der Waals surface area contributed by atoms with E-state index in [2.05, 4.69) is 30.1 Å². The zero-order valence-electron chi connectivity index (χ0n) is 13.4. The Morgan fingerprint density at radius 2 is 2.09 bits per heavy atom. The van der Waals surface area contributed by atoms with Crippen molar-refractivity contribution in [2.75, 3.05) is 6.61 Å². The van der Waals surface area contributed by atoms with Crippen molar-refractivity contribution in [3.63, 3.8) is 0 Å². The highest BCUT2D eigenvalue weighted by molar-refractivity contribution is 7.98. The van der Waals surface area contributed by atoms with Crippen LogP contribution in [0.15, 0.2) is 35.4 Å². The predicted octanol–water partition coefficient (Wildman–Crippen LogP) is 4.04. The number of aromatic nitrogens is 1. The molecule has 5 heteroatoms. The Labute approximate surface area is 140 Å². The third-order valence-corrected chi connectivity index (χ3v) is 4.46. The number of rotatable bonds is 5. The van der Waals surface area contributed by atoms with E-state index in [9.17, 15) is 10.1 Å². The van der Waals surface area contributed by atoms with E-state index in [1.54, 1.807) is 19.9 Å². The number of pyridine rings is 1. The van der Waals surface area contributed by atoms with Gasteiger partial charge >= 0.3 is 5.97 Å². The van der Waals surface area contributed by atoms with Crippen molar-refractivity contribution in [2.24, 2.45) is 0 Å². The molecule has 1 aromatic carbocycles. The van der Waals surface area contributed by atoms with Gasteiger partial charge < -0.3 is 4.74 Å². The molecule has 0 unspecified atom stereocenters. The molecule has 0 saturated carbocycles. The number of nitrogens with zero attached hydrogens (tertiary/aromatic N) is 2. The van der Waals surface area contributed by atoms with Crippen LogP contribution in [-0.4, -0.2) is 17.6 Å². The van der Waals surface area contributed by atoms with Gasteiger partial charge in [-0.2, -0.15) is 5.26 Å². The molecule has 0 radical (unpaired) electrons. The molecular formula is C18H18N2O2S. The van der Waals surface area contributed by atoms with E-state index in [1.165, 1.54) is 22.9 Å². The lowest BCUT2D eigenvalue weighted by Crippen LogP contribution is -2.09. The van der Waals surface area contributed by atoms with Gasteiger partial charge in [0.15, 0.2) is 0 Å². The van der Waals surface area contributed by atoms with E-state index in [4.69, 9.17) is 4.74 Å². The summed E-state index contributed by atoms with van der Waals surface area (Å²) >= 11 is 1.50. The van der Waals surface area contributed by atoms with E-state index in [0.29, 0.717) is 28.5 Å². The predicted molar refractivity (Wildman–Crippen MR) is 90.4 cm³/mol. The van der Waals surface area contributed by atoms with E-state index in [0.717, 1.165) is 5.75 Å². The quantitative estimate of drug-likeness (QED) is 0.613. The highest BCUT2D eigenvalue weighted by Gasteiger charge is 2.16. The Hall–Kier alpha value is -2.32. The summed E-state index contributed by atoms with van der Waals surface area (Å²) in [5, 5.41) is 9.98. The van der Waals surface area contributed by atoms with Crippen molar-refractivity contribution in [3.05, 3.63) is 58.3 Å². The van der Waals surface area contributed by atoms with Crippen LogP contribution in [0.25, 0.3) is 0 Å². The zero-order chi connectivity index (χ0) is 16.8. The second kappa shape index (κ2) is 7.80. The molecule has 2 rings (SSSR count). The van der Waals surface area contributed by atoms with Gasteiger partial charge in [0.25, 0.3) is 0 Å². The van der Waals surface area contributed by atoms with Gasteiger partial charge in [-0.05, 0) is 38.0 Å². The second-order valence-electron chi connectivity index (χ2n) is 5.02. The van der Waals surface area contributed by atoms with E-state index in [1.807, 2.05) is 12.1 Å². The van der Waals surface area contributed by atoms with Gasteiger partial charge in [0, 0.05) is 5.75 Å². The first-order chi connectivity index (χ1) is 11.1. The highest BCUT2D eigenvalue weighted by atomic mass is 32.2. The number of esters is 1. The molecule has 2 aromatic rings. The number of hydrogen-bond acceptors (Lipinski definition) is 5. The van der Waals surface area contributed by atoms with Crippen molar-refractivity contribution in [1.29, 1.82) is 5.26 Å². The first-order valence-electron chi connectivity index (χ1n) is 7.33. The van der Waals surface area contributed by atoms with Crippen molar-refractivity contribution in [1.82, 2.24) is 4.98 Å². The van der Waals surface area contributed by atoms with Crippen LogP contribution in [0.2, 0.25) is 0 Å². The van der Waals surface area contributed by atoms with Crippen molar-refractivity contribution in [2.45, 2.75) is 31.6 Å². The molecule has 0 spiro atoms. The zero-order valence-corrected chi connectivity index (χ0v) is 14.2. The summed E-state index contributed by atoms with van der Waals surface area (Å²) in [6, 6.07) is 11.8. The number of aryl methyl sites for hydroxylation is 2. The first kappa shape index (κ1) is 17.0. The maximum absolute atomic E-state index is 11.9. The van der Waals surface area contributed by atoms with Crippen LogP contribution in [0.1, 0.15) is 39.7 Å². The van der Waals surface area contributed by atoms with Gasteiger partial charge in [-0.15, -0.1) is 11.8 Å². The molecule has 1 heterocycles. The molecule has 0 aliphatic carbocycles. The number of benzene rings is 1. The topological polar surface area (TPSA) is 63.0 Å². The van der Waals surface area contributed by atoms with Crippen LogP contribution in [0, 0.1) is 25.2 Å². The maximum Gasteiger partial charge on any atom is 0.340 e. The highest BCUT2D eigenvalue weighted by Crippen LogP contribution is 2.27. The molecule has 0 atom stereocenters. The smallest absolute Gasteiger partial charge is 0.340 e. The summed E-state index contributed by atoms with van der Waals surface area (Å²) < 4.78 is 5.00. The van der Waals surface area contributed by atoms with Crippen LogP contribution in [0.3, 0.4) is 0 Å². The number of hydrogen-bond donors (Lipinski definition) is 0. The number of nitriles is 1. The average molecular weight is 326 g/mol. The first-order valence-corrected chi connectivity index (χ1v) is 8.31. The summed E-state index contributed by atoms with van der Waals surface area (Å²) in [6.07, 6.45) is 0. The van der Waals surface area contributed by atoms with E-state index < -0.39 is 5.97 Å². The van der Waals surface area contributed by atoms with Crippen LogP contribution in [0.4, 0.5) is 0 Å². The number of thioether (sulfide) groups is 1. The SMILES string of the molecule is CCOC(=O)c1cc(C#N)c(SCc2ccccc2C)nc1C. The minimum Gasteiger partial charge on any atom is -0.462 e. The lowest BCUT2D eigenvalue weighted by atomic mass is 10.1. The van der Waals surface area contributed by atoms with Crippen molar-refractivity contribution >= 4 is 17.7 Å². The van der Waals surface area contributed by atoms with Gasteiger partial charge in [-0.1, -0.05) is 24.3 Å². The molecule has 1 aromatic heterocycles. The Kier molecular flexibility index (Phi) is 5.78. The molecule has 0 fully saturated rings. The molecule has 0 aliphatic rings. The lowest BCUT2D eigenvalue weighted by Gasteiger charge is -2.10. The Morgan fingerprint density at radius 3 is 2.74 bits per heavy atom. The van der Waals surface area contributed by atoms with Crippen LogP contribution >= 0.6 is 11.8 Å². The molecule has 23 heavy (non-hydrogen) atoms. The monoisotopic (exact) mass is 326 g/mol. The van der Waals surface area contributed by atoms with Gasteiger partial charge in [0.1, 0.15) is 11.1 Å². The van der Waals surface area contributed by atoms with Crippen LogP contribution < -0.4 is 0 Å². The van der Waals surface area contributed by atoms with Gasteiger partial charge in [-0.3, -0.25) is 0 Å². The Balaban J connectivity index is 2.26. The fourth-order valence-electron chi connectivity index (χ4n) is 2.11. The fourth-order valence-corrected chi connectivity index (χ4v) is 3.18. The summed E-state index contributed by atoms with van der Waals surface area (Å²) in [5.74, 6) is 0.288. The van der Waals surface area contributed by atoms with Crippen LogP contribution in [-0.2, 0) is 10.5 Å². The Morgan fingerprint density at radius 1 is 1.35 bits per heavy atom. The molecule has 0 saturated heterocycles. The summed E-state index contributed by atoms with van der Waals surface area (Å²) in [5.41, 5.74) is 3.74. The number of ether oxygens (including phenoxy) is 1. The molecule has 0 bridgehead atoms. The molecule has 0 aliphatic heterocycles. The maximum atomic E-state index is 11.9. The molecule has 118 valence electrons. The third-order valence-electron chi connectivity index (χ3n) is 3.42. The van der Waals surface area contributed by atoms with Crippen molar-refractivity contribution < 1.29 is 9.53 Å². The average Bonchev–Trinajstić information content (AvgIpc) is 2.54. The molecule has 4 nitrogen and oxygen atoms in total. The second-order valence-corrected chi connectivity index (χ2v) is 5.99. The normalized spacial score (nSPS) is 10.2. The summed E-state index contributed by atoms with van der Waals surface area (Å²) in [4.78, 5) is 16.3. The summed E-state index contributed by atoms with van der Waals surface area (Å²) in [7, 11) is 0. The largest absolute Gasteiger partial charge is 0.462 e. The minimum absolute atomic E-state index is 0.296. The standard InChI is InChI=1S/C18H18N2O2S/c1-4-22-18(21)16-9-15(10-19)17(20-13(16)3)23-11-14-8-6-5-7-12(14)2/h5-9H,4,11H2,1-3H3. The molecule has 0 amide bonds.